The number of hydrogen-bond acceptors (Lipinski definition) is 5. The van der Waals surface area contributed by atoms with Gasteiger partial charge in [0.1, 0.15) is 23.2 Å². The Morgan fingerprint density at radius 3 is 1.33 bits per heavy atom. The molecule has 7 heteroatoms. The van der Waals surface area contributed by atoms with Gasteiger partial charge in [0.05, 0.1) is 0 Å². The molecule has 2 aliphatic rings. The maximum Gasteiger partial charge on any atom is 0.134 e. The van der Waals surface area contributed by atoms with Gasteiger partial charge in [-0.25, -0.2) is 0 Å². The number of halogens is 2. The van der Waals surface area contributed by atoms with E-state index in [1.54, 1.807) is 0 Å². The summed E-state index contributed by atoms with van der Waals surface area (Å²) in [6.45, 7) is 3.77. The van der Waals surface area contributed by atoms with E-state index in [0.717, 1.165) is 84.5 Å². The fourth-order valence-electron chi connectivity index (χ4n) is 4.00. The Balaban J connectivity index is 0.00000153. The van der Waals surface area contributed by atoms with Crippen LogP contribution in [0, 0.1) is 0 Å². The summed E-state index contributed by atoms with van der Waals surface area (Å²) in [4.78, 5) is 9.31. The van der Waals surface area contributed by atoms with Crippen LogP contribution in [0.5, 0.6) is 0 Å². The van der Waals surface area contributed by atoms with Gasteiger partial charge in [-0.2, -0.15) is 0 Å². The van der Waals surface area contributed by atoms with Crippen molar-refractivity contribution in [2.75, 3.05) is 26.2 Å². The lowest BCUT2D eigenvalue weighted by atomic mass is 10.1. The molecule has 0 atom stereocenters. The second-order valence-corrected chi connectivity index (χ2v) is 8.05. The van der Waals surface area contributed by atoms with Crippen LogP contribution in [-0.4, -0.2) is 37.9 Å². The van der Waals surface area contributed by atoms with Gasteiger partial charge in [-0.3, -0.25) is 9.98 Å². The highest BCUT2D eigenvalue weighted by molar-refractivity contribution is 5.99. The van der Waals surface area contributed by atoms with Gasteiger partial charge in [-0.1, -0.05) is 48.5 Å². The molecule has 0 saturated carbocycles. The summed E-state index contributed by atoms with van der Waals surface area (Å²) in [6, 6.07) is 20.9. The number of hydrogen-bond donors (Lipinski definition) is 2. The SMILES string of the molecule is Cl.Cl.c1cc(-c2ccc(-c3ccc(C4=NCCCCN4)cc3)o2)ccc1C1=NCCCCN1. The molecule has 5 nitrogen and oxygen atoms in total. The van der Waals surface area contributed by atoms with Crippen molar-refractivity contribution < 1.29 is 4.42 Å². The molecule has 33 heavy (non-hydrogen) atoms. The molecule has 3 aromatic rings. The Bertz CT molecular complexity index is 1000. The van der Waals surface area contributed by atoms with Gasteiger partial charge in [0.15, 0.2) is 0 Å². The molecule has 2 aliphatic heterocycles. The van der Waals surface area contributed by atoms with Crippen LogP contribution >= 0.6 is 24.8 Å². The van der Waals surface area contributed by atoms with Crippen LogP contribution in [0.2, 0.25) is 0 Å². The van der Waals surface area contributed by atoms with Crippen molar-refractivity contribution in [3.8, 4) is 22.6 Å². The largest absolute Gasteiger partial charge is 0.456 e. The molecule has 3 heterocycles. The minimum absolute atomic E-state index is 0. The average molecular weight is 485 g/mol. The fourth-order valence-corrected chi connectivity index (χ4v) is 4.00. The predicted octanol–water partition coefficient (Wildman–Crippen LogP) is 5.72. The maximum absolute atomic E-state index is 6.17. The van der Waals surface area contributed by atoms with Crippen LogP contribution in [0.15, 0.2) is 75.1 Å². The van der Waals surface area contributed by atoms with E-state index in [4.69, 9.17) is 4.42 Å². The van der Waals surface area contributed by atoms with Gasteiger partial charge in [-0.15, -0.1) is 24.8 Å². The van der Waals surface area contributed by atoms with E-state index in [2.05, 4.69) is 69.1 Å². The van der Waals surface area contributed by atoms with Gasteiger partial charge in [-0.05, 0) is 37.8 Å². The van der Waals surface area contributed by atoms with Crippen molar-refractivity contribution in [1.29, 1.82) is 0 Å². The van der Waals surface area contributed by atoms with Crippen LogP contribution in [0.25, 0.3) is 22.6 Å². The molecule has 2 aromatic carbocycles. The molecule has 0 bridgehead atoms. The number of furan rings is 1. The van der Waals surface area contributed by atoms with Crippen LogP contribution in [-0.2, 0) is 0 Å². The zero-order chi connectivity index (χ0) is 20.9. The Labute approximate surface area is 207 Å². The summed E-state index contributed by atoms with van der Waals surface area (Å²) < 4.78 is 6.17. The van der Waals surface area contributed by atoms with Gasteiger partial charge in [0, 0.05) is 48.4 Å². The normalized spacial score (nSPS) is 15.9. The lowest BCUT2D eigenvalue weighted by Gasteiger charge is -2.08. The van der Waals surface area contributed by atoms with Crippen molar-refractivity contribution in [2.24, 2.45) is 9.98 Å². The Kier molecular flexibility index (Phi) is 8.98. The monoisotopic (exact) mass is 484 g/mol. The predicted molar refractivity (Wildman–Crippen MR) is 141 cm³/mol. The highest BCUT2D eigenvalue weighted by atomic mass is 35.5. The highest BCUT2D eigenvalue weighted by Gasteiger charge is 2.11. The summed E-state index contributed by atoms with van der Waals surface area (Å²) in [7, 11) is 0. The molecule has 0 aliphatic carbocycles. The van der Waals surface area contributed by atoms with Gasteiger partial charge < -0.3 is 15.1 Å². The van der Waals surface area contributed by atoms with E-state index in [0.29, 0.717) is 0 Å². The van der Waals surface area contributed by atoms with Crippen LogP contribution in [0.3, 0.4) is 0 Å². The molecular weight excluding hydrogens is 455 g/mol. The molecule has 5 rings (SSSR count). The molecule has 2 N–H and O–H groups in total. The van der Waals surface area contributed by atoms with E-state index in [9.17, 15) is 0 Å². The van der Waals surface area contributed by atoms with Gasteiger partial charge >= 0.3 is 0 Å². The molecule has 174 valence electrons. The Hall–Kier alpha value is -2.76. The third-order valence-electron chi connectivity index (χ3n) is 5.79. The fraction of sp³-hybridized carbons (Fsp3) is 0.308. The quantitative estimate of drug-likeness (QED) is 0.497. The van der Waals surface area contributed by atoms with E-state index >= 15 is 0 Å². The molecule has 0 fully saturated rings. The molecule has 0 amide bonds. The minimum atomic E-state index is 0. The standard InChI is InChI=1S/C26H28N4O.2ClH/c1-2-16-28-25(27-15-1)21-9-5-19(6-10-21)23-13-14-24(31-23)20-7-11-22(12-8-20)26-29-17-3-4-18-30-26;;/h5-14H,1-4,15-18H2,(H,27,28)(H,29,30);2*1H. The van der Waals surface area contributed by atoms with Crippen molar-refractivity contribution in [3.63, 3.8) is 0 Å². The smallest absolute Gasteiger partial charge is 0.134 e. The van der Waals surface area contributed by atoms with Crippen molar-refractivity contribution in [3.05, 3.63) is 71.8 Å². The first kappa shape index (κ1) is 24.9. The Morgan fingerprint density at radius 2 is 0.909 bits per heavy atom. The topological polar surface area (TPSA) is 61.9 Å². The first-order valence-corrected chi connectivity index (χ1v) is 11.2. The first-order chi connectivity index (χ1) is 15.4. The number of nitrogens with zero attached hydrogens (tertiary/aromatic N) is 2. The number of rotatable bonds is 4. The number of aliphatic imine (C=N–C) groups is 2. The van der Waals surface area contributed by atoms with Crippen molar-refractivity contribution >= 4 is 36.5 Å². The third-order valence-corrected chi connectivity index (χ3v) is 5.79. The molecular formula is C26H30Cl2N4O. The van der Waals surface area contributed by atoms with E-state index < -0.39 is 0 Å². The summed E-state index contributed by atoms with van der Waals surface area (Å²) in [5, 5.41) is 6.86. The van der Waals surface area contributed by atoms with Crippen LogP contribution in [0.4, 0.5) is 0 Å². The van der Waals surface area contributed by atoms with Gasteiger partial charge in [0.2, 0.25) is 0 Å². The second kappa shape index (κ2) is 11.9. The number of amidine groups is 2. The second-order valence-electron chi connectivity index (χ2n) is 8.05. The molecule has 1 aromatic heterocycles. The van der Waals surface area contributed by atoms with Crippen LogP contribution < -0.4 is 10.6 Å². The van der Waals surface area contributed by atoms with E-state index in [-0.39, 0.29) is 24.8 Å². The molecule has 0 saturated heterocycles. The maximum atomic E-state index is 6.17. The van der Waals surface area contributed by atoms with Crippen molar-refractivity contribution in [1.82, 2.24) is 10.6 Å². The summed E-state index contributed by atoms with van der Waals surface area (Å²) >= 11 is 0. The zero-order valence-electron chi connectivity index (χ0n) is 18.5. The number of benzene rings is 2. The summed E-state index contributed by atoms with van der Waals surface area (Å²) in [5.41, 5.74) is 4.39. The first-order valence-electron chi connectivity index (χ1n) is 11.2. The summed E-state index contributed by atoms with van der Waals surface area (Å²) in [6.07, 6.45) is 4.64. The molecule has 0 spiro atoms. The summed E-state index contributed by atoms with van der Waals surface area (Å²) in [5.74, 6) is 3.74. The third kappa shape index (κ3) is 5.98. The Morgan fingerprint density at radius 1 is 0.515 bits per heavy atom. The minimum Gasteiger partial charge on any atom is -0.456 e. The van der Waals surface area contributed by atoms with Crippen LogP contribution in [0.1, 0.15) is 36.8 Å². The van der Waals surface area contributed by atoms with E-state index in [1.165, 1.54) is 12.8 Å². The van der Waals surface area contributed by atoms with E-state index in [1.807, 2.05) is 12.1 Å². The van der Waals surface area contributed by atoms with Gasteiger partial charge in [0.25, 0.3) is 0 Å². The van der Waals surface area contributed by atoms with Crippen molar-refractivity contribution in [2.45, 2.75) is 25.7 Å². The molecule has 0 radical (unpaired) electrons. The lowest BCUT2D eigenvalue weighted by Crippen LogP contribution is -2.24. The highest BCUT2D eigenvalue weighted by Crippen LogP contribution is 2.29. The lowest BCUT2D eigenvalue weighted by molar-refractivity contribution is 0.597. The number of nitrogens with one attached hydrogen (secondary N) is 2. The zero-order valence-corrected chi connectivity index (χ0v) is 20.2. The molecule has 0 unspecified atom stereocenters. The average Bonchev–Trinajstić information content (AvgIpc) is 3.00.